The van der Waals surface area contributed by atoms with Gasteiger partial charge in [0, 0.05) is 12.7 Å². The zero-order valence-corrected chi connectivity index (χ0v) is 8.78. The fourth-order valence-electron chi connectivity index (χ4n) is 1.53. The maximum atomic E-state index is 10.2. The third-order valence-corrected chi connectivity index (χ3v) is 2.20. The summed E-state index contributed by atoms with van der Waals surface area (Å²) in [5, 5.41) is 17.1. The molecular weight excluding hydrogens is 180 g/mol. The number of aliphatic carboxylic acids is 1. The lowest BCUT2D eigenvalue weighted by Crippen LogP contribution is -2.00. The molecule has 1 atom stereocenters. The second kappa shape index (κ2) is 8.75. The summed E-state index contributed by atoms with van der Waals surface area (Å²) in [6, 6.07) is 0. The molecule has 0 aliphatic carbocycles. The minimum atomic E-state index is -0.887. The van der Waals surface area contributed by atoms with Gasteiger partial charge in [0.05, 0.1) is 0 Å². The summed E-state index contributed by atoms with van der Waals surface area (Å²) in [7, 11) is 0. The van der Waals surface area contributed by atoms with Crippen molar-refractivity contribution in [1.82, 2.24) is 0 Å². The van der Waals surface area contributed by atoms with Crippen LogP contribution in [0.1, 0.15) is 39.0 Å². The molecule has 0 saturated heterocycles. The first-order chi connectivity index (χ1) is 6.70. The van der Waals surface area contributed by atoms with Crippen LogP contribution in [0.4, 0.5) is 0 Å². The summed E-state index contributed by atoms with van der Waals surface area (Å²) < 4.78 is 0. The number of aliphatic hydroxyl groups is 1. The van der Waals surface area contributed by atoms with Gasteiger partial charge in [-0.25, -0.2) is 4.79 Å². The molecule has 2 N–H and O–H groups in total. The molecular formula is C11H20O3. The molecule has 82 valence electrons. The van der Waals surface area contributed by atoms with E-state index >= 15 is 0 Å². The summed E-state index contributed by atoms with van der Waals surface area (Å²) in [6.07, 6.45) is 7.71. The van der Waals surface area contributed by atoms with E-state index in [1.807, 2.05) is 0 Å². The summed E-state index contributed by atoms with van der Waals surface area (Å²) in [4.78, 5) is 10.2. The highest BCUT2D eigenvalue weighted by Crippen LogP contribution is 2.17. The van der Waals surface area contributed by atoms with Crippen molar-refractivity contribution in [2.24, 2.45) is 5.92 Å². The van der Waals surface area contributed by atoms with Crippen LogP contribution in [0.3, 0.4) is 0 Å². The molecule has 0 aromatic rings. The lowest BCUT2D eigenvalue weighted by molar-refractivity contribution is -0.131. The molecule has 0 fully saturated rings. The van der Waals surface area contributed by atoms with Gasteiger partial charge >= 0.3 is 5.97 Å². The van der Waals surface area contributed by atoms with Gasteiger partial charge in [0.15, 0.2) is 0 Å². The van der Waals surface area contributed by atoms with Crippen LogP contribution in [0.5, 0.6) is 0 Å². The third-order valence-electron chi connectivity index (χ3n) is 2.20. The topological polar surface area (TPSA) is 57.5 Å². The number of rotatable bonds is 8. The molecule has 0 aromatic carbocycles. The monoisotopic (exact) mass is 200 g/mol. The van der Waals surface area contributed by atoms with E-state index in [1.165, 1.54) is 6.08 Å². The van der Waals surface area contributed by atoms with Crippen molar-refractivity contribution in [3.8, 4) is 0 Å². The SMILES string of the molecule is CCCC(CC=CC(=O)O)CCCO. The molecule has 3 heteroatoms. The molecule has 0 aliphatic heterocycles. The van der Waals surface area contributed by atoms with Crippen molar-refractivity contribution in [1.29, 1.82) is 0 Å². The molecule has 0 aromatic heterocycles. The van der Waals surface area contributed by atoms with Crippen molar-refractivity contribution in [2.75, 3.05) is 6.61 Å². The van der Waals surface area contributed by atoms with Crippen LogP contribution in [-0.2, 0) is 4.79 Å². The van der Waals surface area contributed by atoms with Crippen LogP contribution in [0, 0.1) is 5.92 Å². The predicted octanol–water partition coefficient (Wildman–Crippen LogP) is 2.21. The number of carboxylic acids is 1. The Kier molecular flexibility index (Phi) is 8.24. The van der Waals surface area contributed by atoms with Gasteiger partial charge in [-0.2, -0.15) is 0 Å². The van der Waals surface area contributed by atoms with E-state index in [2.05, 4.69) is 6.92 Å². The fourth-order valence-corrected chi connectivity index (χ4v) is 1.53. The molecule has 0 amide bonds. The standard InChI is InChI=1S/C11H20O3/c1-2-5-10(7-4-9-12)6-3-8-11(13)14/h3,8,10,12H,2,4-7,9H2,1H3,(H,13,14). The van der Waals surface area contributed by atoms with E-state index in [0.717, 1.165) is 32.1 Å². The number of allylic oxidation sites excluding steroid dienone is 1. The van der Waals surface area contributed by atoms with Crippen LogP contribution in [-0.4, -0.2) is 22.8 Å². The van der Waals surface area contributed by atoms with E-state index in [1.54, 1.807) is 6.08 Å². The number of hydrogen-bond acceptors (Lipinski definition) is 2. The van der Waals surface area contributed by atoms with Crippen LogP contribution in [0.25, 0.3) is 0 Å². The highest BCUT2D eigenvalue weighted by Gasteiger charge is 2.05. The first kappa shape index (κ1) is 13.2. The third kappa shape index (κ3) is 7.80. The van der Waals surface area contributed by atoms with Gasteiger partial charge < -0.3 is 10.2 Å². The quantitative estimate of drug-likeness (QED) is 0.590. The molecule has 0 heterocycles. The highest BCUT2D eigenvalue weighted by molar-refractivity contribution is 5.79. The van der Waals surface area contributed by atoms with E-state index in [4.69, 9.17) is 10.2 Å². The van der Waals surface area contributed by atoms with Gasteiger partial charge in [-0.3, -0.25) is 0 Å². The Labute approximate surface area is 85.4 Å². The van der Waals surface area contributed by atoms with E-state index < -0.39 is 5.97 Å². The summed E-state index contributed by atoms with van der Waals surface area (Å²) in [6.45, 7) is 2.34. The zero-order valence-electron chi connectivity index (χ0n) is 8.78. The normalized spacial score (nSPS) is 13.3. The molecule has 0 aliphatic rings. The van der Waals surface area contributed by atoms with Crippen LogP contribution in [0.2, 0.25) is 0 Å². The molecule has 0 radical (unpaired) electrons. The lowest BCUT2D eigenvalue weighted by Gasteiger charge is -2.12. The molecule has 1 unspecified atom stereocenters. The summed E-state index contributed by atoms with van der Waals surface area (Å²) in [5.74, 6) is -0.370. The van der Waals surface area contributed by atoms with Crippen molar-refractivity contribution in [3.63, 3.8) is 0 Å². The van der Waals surface area contributed by atoms with Crippen molar-refractivity contribution < 1.29 is 15.0 Å². The minimum Gasteiger partial charge on any atom is -0.478 e. The largest absolute Gasteiger partial charge is 0.478 e. The molecule has 0 saturated carbocycles. The number of carbonyl (C=O) groups is 1. The second-order valence-corrected chi connectivity index (χ2v) is 3.50. The maximum absolute atomic E-state index is 10.2. The van der Waals surface area contributed by atoms with Gasteiger partial charge in [0.25, 0.3) is 0 Å². The minimum absolute atomic E-state index is 0.225. The average molecular weight is 200 g/mol. The second-order valence-electron chi connectivity index (χ2n) is 3.50. The number of hydrogen-bond donors (Lipinski definition) is 2. The Hall–Kier alpha value is -0.830. The van der Waals surface area contributed by atoms with Crippen LogP contribution >= 0.6 is 0 Å². The molecule has 0 spiro atoms. The lowest BCUT2D eigenvalue weighted by atomic mass is 9.94. The average Bonchev–Trinajstić information content (AvgIpc) is 2.13. The Morgan fingerprint density at radius 1 is 1.43 bits per heavy atom. The molecule has 14 heavy (non-hydrogen) atoms. The van der Waals surface area contributed by atoms with Crippen LogP contribution in [0.15, 0.2) is 12.2 Å². The van der Waals surface area contributed by atoms with Gasteiger partial charge in [-0.1, -0.05) is 25.8 Å². The van der Waals surface area contributed by atoms with Crippen molar-refractivity contribution in [3.05, 3.63) is 12.2 Å². The van der Waals surface area contributed by atoms with Gasteiger partial charge in [0.2, 0.25) is 0 Å². The summed E-state index contributed by atoms with van der Waals surface area (Å²) >= 11 is 0. The Morgan fingerprint density at radius 2 is 2.14 bits per heavy atom. The van der Waals surface area contributed by atoms with Gasteiger partial charge in [-0.05, 0) is 25.2 Å². The van der Waals surface area contributed by atoms with E-state index in [0.29, 0.717) is 5.92 Å². The van der Waals surface area contributed by atoms with Crippen molar-refractivity contribution >= 4 is 5.97 Å². The van der Waals surface area contributed by atoms with E-state index in [9.17, 15) is 4.79 Å². The Balaban J connectivity index is 3.77. The van der Waals surface area contributed by atoms with Gasteiger partial charge in [-0.15, -0.1) is 0 Å². The first-order valence-corrected chi connectivity index (χ1v) is 5.21. The van der Waals surface area contributed by atoms with Crippen LogP contribution < -0.4 is 0 Å². The van der Waals surface area contributed by atoms with E-state index in [-0.39, 0.29) is 6.61 Å². The number of carboxylic acid groups (broad SMARTS) is 1. The Morgan fingerprint density at radius 3 is 2.64 bits per heavy atom. The first-order valence-electron chi connectivity index (χ1n) is 5.21. The summed E-state index contributed by atoms with van der Waals surface area (Å²) in [5.41, 5.74) is 0. The zero-order chi connectivity index (χ0) is 10.8. The Bertz CT molecular complexity index is 175. The molecule has 3 nitrogen and oxygen atoms in total. The fraction of sp³-hybridized carbons (Fsp3) is 0.727. The smallest absolute Gasteiger partial charge is 0.327 e. The van der Waals surface area contributed by atoms with Gasteiger partial charge in [0.1, 0.15) is 0 Å². The molecule has 0 rings (SSSR count). The predicted molar refractivity (Wildman–Crippen MR) is 56.1 cm³/mol. The molecule has 0 bridgehead atoms. The van der Waals surface area contributed by atoms with Crippen molar-refractivity contribution in [2.45, 2.75) is 39.0 Å². The maximum Gasteiger partial charge on any atom is 0.327 e. The highest BCUT2D eigenvalue weighted by atomic mass is 16.4. The number of aliphatic hydroxyl groups excluding tert-OH is 1.